The summed E-state index contributed by atoms with van der Waals surface area (Å²) in [5.41, 5.74) is 3.23. The summed E-state index contributed by atoms with van der Waals surface area (Å²) in [5.74, 6) is 1.08. The molecule has 1 fully saturated rings. The normalized spacial score (nSPS) is 19.7. The van der Waals surface area contributed by atoms with Crippen molar-refractivity contribution in [2.75, 3.05) is 32.8 Å². The highest BCUT2D eigenvalue weighted by Crippen LogP contribution is 2.36. The molecule has 0 atom stereocenters. The second-order valence-electron chi connectivity index (χ2n) is 8.61. The molecule has 0 aliphatic carbocycles. The summed E-state index contributed by atoms with van der Waals surface area (Å²) in [6, 6.07) is 19.5. The third kappa shape index (κ3) is 6.88. The first-order chi connectivity index (χ1) is 13.8. The summed E-state index contributed by atoms with van der Waals surface area (Å²) in [6.45, 7) is 6.28. The van der Waals surface area contributed by atoms with E-state index in [1.165, 1.54) is 62.9 Å². The summed E-state index contributed by atoms with van der Waals surface area (Å²) in [6.07, 6.45) is 7.66. The van der Waals surface area contributed by atoms with Gasteiger partial charge in [0, 0.05) is 19.6 Å². The average molecular weight is 451 g/mol. The molecule has 3 nitrogen and oxygen atoms in total. The Kier molecular flexibility index (Phi) is 10.5. The Labute approximate surface area is 194 Å². The quantitative estimate of drug-likeness (QED) is 0.652. The van der Waals surface area contributed by atoms with Crippen LogP contribution < -0.4 is 10.1 Å². The topological polar surface area (TPSA) is 24.5 Å². The largest absolute Gasteiger partial charge is 0.492 e. The molecule has 4 rings (SSSR count). The van der Waals surface area contributed by atoms with E-state index in [2.05, 4.69) is 64.8 Å². The molecule has 1 N–H and O–H groups in total. The Morgan fingerprint density at radius 2 is 1.60 bits per heavy atom. The summed E-state index contributed by atoms with van der Waals surface area (Å²) in [4.78, 5) is 2.64. The molecule has 2 aliphatic rings. The van der Waals surface area contributed by atoms with Crippen LogP contribution in [0.15, 0.2) is 54.6 Å². The molecule has 2 aromatic carbocycles. The Hall–Kier alpha value is -1.26. The number of fused-ring (bicyclic) bond motifs is 1. The minimum absolute atomic E-state index is 0. The fourth-order valence-electron chi connectivity index (χ4n) is 4.93. The standard InChI is InChI=1S/C25H34N2O.2ClH/c1-2-8-22(9-3-1)20-27-18-19-28-24-12-5-4-10-23(24)11-6-7-13-25(21-27)14-16-26-17-15-25;;/h1-5,8-10,12,26H,6-7,11,13-21H2;2*1H. The van der Waals surface area contributed by atoms with Gasteiger partial charge in [-0.1, -0.05) is 55.0 Å². The van der Waals surface area contributed by atoms with Crippen LogP contribution in [0.3, 0.4) is 0 Å². The van der Waals surface area contributed by atoms with E-state index in [0.717, 1.165) is 31.9 Å². The van der Waals surface area contributed by atoms with Crippen molar-refractivity contribution < 1.29 is 4.74 Å². The number of hydrogen-bond donors (Lipinski definition) is 1. The van der Waals surface area contributed by atoms with E-state index < -0.39 is 0 Å². The molecule has 2 aromatic rings. The molecule has 166 valence electrons. The van der Waals surface area contributed by atoms with Crippen LogP contribution in [0.2, 0.25) is 0 Å². The van der Waals surface area contributed by atoms with Gasteiger partial charge in [0.2, 0.25) is 0 Å². The van der Waals surface area contributed by atoms with Gasteiger partial charge in [-0.05, 0) is 67.8 Å². The number of rotatable bonds is 2. The van der Waals surface area contributed by atoms with Gasteiger partial charge in [-0.25, -0.2) is 0 Å². The lowest BCUT2D eigenvalue weighted by Gasteiger charge is -2.42. The van der Waals surface area contributed by atoms with Gasteiger partial charge in [0.25, 0.3) is 0 Å². The maximum Gasteiger partial charge on any atom is 0.122 e. The second kappa shape index (κ2) is 12.6. The Morgan fingerprint density at radius 3 is 2.40 bits per heavy atom. The number of piperidine rings is 1. The van der Waals surface area contributed by atoms with Gasteiger partial charge in [-0.3, -0.25) is 4.90 Å². The molecule has 0 saturated carbocycles. The number of nitrogens with one attached hydrogen (secondary N) is 1. The van der Waals surface area contributed by atoms with Crippen molar-refractivity contribution >= 4 is 24.8 Å². The molecule has 0 radical (unpaired) electrons. The van der Waals surface area contributed by atoms with Crippen molar-refractivity contribution in [2.24, 2.45) is 5.41 Å². The zero-order valence-electron chi connectivity index (χ0n) is 17.9. The Morgan fingerprint density at radius 1 is 0.867 bits per heavy atom. The molecule has 0 unspecified atom stereocenters. The highest BCUT2D eigenvalue weighted by molar-refractivity contribution is 5.85. The van der Waals surface area contributed by atoms with Crippen LogP contribution in [0.4, 0.5) is 0 Å². The molecule has 1 saturated heterocycles. The predicted molar refractivity (Wildman–Crippen MR) is 130 cm³/mol. The minimum atomic E-state index is 0. The van der Waals surface area contributed by atoms with Gasteiger partial charge in [0.15, 0.2) is 0 Å². The molecule has 5 heteroatoms. The molecular weight excluding hydrogens is 415 g/mol. The number of benzene rings is 2. The van der Waals surface area contributed by atoms with Crippen LogP contribution >= 0.6 is 24.8 Å². The third-order valence-electron chi connectivity index (χ3n) is 6.51. The number of ether oxygens (including phenoxy) is 1. The number of halogens is 2. The first-order valence-electron chi connectivity index (χ1n) is 11.0. The lowest BCUT2D eigenvalue weighted by atomic mass is 9.74. The lowest BCUT2D eigenvalue weighted by molar-refractivity contribution is 0.0829. The van der Waals surface area contributed by atoms with Crippen molar-refractivity contribution in [3.05, 3.63) is 65.7 Å². The molecule has 2 aliphatic heterocycles. The lowest BCUT2D eigenvalue weighted by Crippen LogP contribution is -2.45. The third-order valence-corrected chi connectivity index (χ3v) is 6.51. The van der Waals surface area contributed by atoms with E-state index in [0.29, 0.717) is 5.41 Å². The van der Waals surface area contributed by atoms with Crippen molar-refractivity contribution in [1.82, 2.24) is 10.2 Å². The highest BCUT2D eigenvalue weighted by atomic mass is 35.5. The summed E-state index contributed by atoms with van der Waals surface area (Å²) in [5, 5.41) is 3.58. The highest BCUT2D eigenvalue weighted by Gasteiger charge is 2.33. The van der Waals surface area contributed by atoms with E-state index in [-0.39, 0.29) is 24.8 Å². The zero-order chi connectivity index (χ0) is 19.1. The molecule has 0 amide bonds. The zero-order valence-corrected chi connectivity index (χ0v) is 19.5. The fourth-order valence-corrected chi connectivity index (χ4v) is 4.93. The summed E-state index contributed by atoms with van der Waals surface area (Å²) in [7, 11) is 0. The number of para-hydroxylation sites is 1. The van der Waals surface area contributed by atoms with Crippen LogP contribution in [0.25, 0.3) is 0 Å². The molecule has 2 heterocycles. The van der Waals surface area contributed by atoms with E-state index >= 15 is 0 Å². The maximum absolute atomic E-state index is 6.25. The number of nitrogens with zero attached hydrogens (tertiary/aromatic N) is 1. The van der Waals surface area contributed by atoms with E-state index in [1.54, 1.807) is 0 Å². The van der Waals surface area contributed by atoms with E-state index in [1.807, 2.05) is 0 Å². The van der Waals surface area contributed by atoms with Crippen LogP contribution in [0.5, 0.6) is 5.75 Å². The molecule has 30 heavy (non-hydrogen) atoms. The van der Waals surface area contributed by atoms with Gasteiger partial charge in [0.1, 0.15) is 12.4 Å². The average Bonchev–Trinajstić information content (AvgIpc) is 2.73. The fraction of sp³-hybridized carbons (Fsp3) is 0.520. The smallest absolute Gasteiger partial charge is 0.122 e. The summed E-state index contributed by atoms with van der Waals surface area (Å²) < 4.78 is 6.25. The maximum atomic E-state index is 6.25. The second-order valence-corrected chi connectivity index (χ2v) is 8.61. The first kappa shape index (κ1) is 25.0. The first-order valence-corrected chi connectivity index (χ1v) is 11.0. The van der Waals surface area contributed by atoms with Crippen LogP contribution in [0, 0.1) is 5.41 Å². The summed E-state index contributed by atoms with van der Waals surface area (Å²) >= 11 is 0. The van der Waals surface area contributed by atoms with E-state index in [4.69, 9.17) is 4.74 Å². The van der Waals surface area contributed by atoms with Gasteiger partial charge < -0.3 is 10.1 Å². The van der Waals surface area contributed by atoms with Crippen molar-refractivity contribution in [3.63, 3.8) is 0 Å². The van der Waals surface area contributed by atoms with Crippen LogP contribution in [0.1, 0.15) is 43.2 Å². The monoisotopic (exact) mass is 450 g/mol. The van der Waals surface area contributed by atoms with Crippen molar-refractivity contribution in [2.45, 2.75) is 45.1 Å². The van der Waals surface area contributed by atoms with Gasteiger partial charge in [-0.2, -0.15) is 0 Å². The van der Waals surface area contributed by atoms with Gasteiger partial charge in [-0.15, -0.1) is 24.8 Å². The van der Waals surface area contributed by atoms with E-state index in [9.17, 15) is 0 Å². The molecule has 0 aromatic heterocycles. The van der Waals surface area contributed by atoms with Crippen molar-refractivity contribution in [1.29, 1.82) is 0 Å². The van der Waals surface area contributed by atoms with Crippen LogP contribution in [-0.4, -0.2) is 37.7 Å². The number of hydrogen-bond acceptors (Lipinski definition) is 3. The Balaban J connectivity index is 0.00000160. The van der Waals surface area contributed by atoms with Gasteiger partial charge >= 0.3 is 0 Å². The Bertz CT molecular complexity index is 735. The molecule has 0 bridgehead atoms. The molecule has 1 spiro atoms. The van der Waals surface area contributed by atoms with Gasteiger partial charge in [0.05, 0.1) is 0 Å². The predicted octanol–water partition coefficient (Wildman–Crippen LogP) is 5.51. The SMILES string of the molecule is Cl.Cl.c1ccc(CN2CCOc3ccccc3CCCCC3(CCNCC3)C2)cc1. The van der Waals surface area contributed by atoms with Crippen molar-refractivity contribution in [3.8, 4) is 5.75 Å². The number of aryl methyl sites for hydroxylation is 1. The van der Waals surface area contributed by atoms with Crippen LogP contribution in [-0.2, 0) is 13.0 Å². The minimum Gasteiger partial charge on any atom is -0.492 e. The molecular formula is C25H36Cl2N2O.